The Balaban J connectivity index is 1.49. The number of ether oxygens (including phenoxy) is 3. The first-order valence-corrected chi connectivity index (χ1v) is 15.4. The van der Waals surface area contributed by atoms with Gasteiger partial charge in [0.1, 0.15) is 18.0 Å². The highest BCUT2D eigenvalue weighted by Crippen LogP contribution is 2.34. The van der Waals surface area contributed by atoms with Crippen LogP contribution in [0.15, 0.2) is 48.5 Å². The number of alkyl carbamates (subject to hydrolysis) is 1. The topological polar surface area (TPSA) is 128 Å². The lowest BCUT2D eigenvalue weighted by molar-refractivity contribution is -0.122. The molecule has 0 saturated heterocycles. The monoisotopic (exact) mass is 654 g/mol. The van der Waals surface area contributed by atoms with Crippen molar-refractivity contribution in [2.24, 2.45) is 0 Å². The molecule has 12 heteroatoms. The second-order valence-corrected chi connectivity index (χ2v) is 13.0. The Morgan fingerprint density at radius 2 is 1.72 bits per heavy atom. The molecular weight excluding hydrogens is 615 g/mol. The number of pyridine rings is 1. The summed E-state index contributed by atoms with van der Waals surface area (Å²) in [7, 11) is 1.53. The zero-order chi connectivity index (χ0) is 33.6. The molecule has 10 nitrogen and oxygen atoms in total. The summed E-state index contributed by atoms with van der Waals surface area (Å²) in [5.41, 5.74) is 1.21. The third kappa shape index (κ3) is 9.81. The molecule has 3 aromatic rings. The van der Waals surface area contributed by atoms with Gasteiger partial charge < -0.3 is 30.2 Å². The van der Waals surface area contributed by atoms with E-state index in [9.17, 15) is 18.8 Å². The molecule has 1 aliphatic carbocycles. The first-order chi connectivity index (χ1) is 21.6. The number of methoxy groups -OCH3 is 1. The second kappa shape index (κ2) is 14.4. The van der Waals surface area contributed by atoms with Crippen LogP contribution in [-0.4, -0.2) is 54.8 Å². The molecule has 46 heavy (non-hydrogen) atoms. The van der Waals surface area contributed by atoms with Crippen LogP contribution in [0.5, 0.6) is 11.5 Å². The van der Waals surface area contributed by atoms with Crippen LogP contribution in [0.25, 0.3) is 11.3 Å². The standard InChI is InChI=1S/C34H40ClFN4O6/c1-33(2,3)46-32(43)38-19-30(41)40-34(4,5)22-17-23(39-27(18-22)20-7-11-26(36)25(35)15-20)13-14-37-31(42)21-8-12-28(29(16-21)44-6)45-24-9-10-24/h7-8,11-12,15-18,24H,9-10,13-14,19H2,1-6H3,(H,37,42)(H,38,43)(H,40,41). The van der Waals surface area contributed by atoms with E-state index < -0.39 is 29.0 Å². The summed E-state index contributed by atoms with van der Waals surface area (Å²) in [5, 5.41) is 8.25. The van der Waals surface area contributed by atoms with Gasteiger partial charge in [0.15, 0.2) is 11.5 Å². The third-order valence-corrected chi connectivity index (χ3v) is 7.26. The lowest BCUT2D eigenvalue weighted by Gasteiger charge is -2.28. The average Bonchev–Trinajstić information content (AvgIpc) is 3.80. The molecule has 1 fully saturated rings. The van der Waals surface area contributed by atoms with Crippen molar-refractivity contribution in [3.8, 4) is 22.8 Å². The van der Waals surface area contributed by atoms with Crippen LogP contribution in [0.1, 0.15) is 69.1 Å². The number of hydrogen-bond acceptors (Lipinski definition) is 7. The van der Waals surface area contributed by atoms with Crippen LogP contribution >= 0.6 is 11.6 Å². The summed E-state index contributed by atoms with van der Waals surface area (Å²) in [6, 6.07) is 13.0. The molecule has 0 unspecified atom stereocenters. The minimum absolute atomic E-state index is 0.0525. The number of carbonyl (C=O) groups excluding carboxylic acids is 3. The first-order valence-electron chi connectivity index (χ1n) is 15.0. The number of carbonyl (C=O) groups is 3. The summed E-state index contributed by atoms with van der Waals surface area (Å²) in [4.78, 5) is 42.6. The minimum atomic E-state index is -0.910. The molecule has 0 spiro atoms. The number of halogens is 2. The Morgan fingerprint density at radius 3 is 2.37 bits per heavy atom. The van der Waals surface area contributed by atoms with Gasteiger partial charge in [0.2, 0.25) is 5.91 Å². The molecule has 2 aromatic carbocycles. The van der Waals surface area contributed by atoms with Crippen molar-refractivity contribution in [3.63, 3.8) is 0 Å². The van der Waals surface area contributed by atoms with Gasteiger partial charge in [-0.15, -0.1) is 0 Å². The van der Waals surface area contributed by atoms with Crippen molar-refractivity contribution in [2.45, 2.75) is 71.1 Å². The molecule has 246 valence electrons. The number of hydrogen-bond donors (Lipinski definition) is 3. The maximum atomic E-state index is 13.9. The lowest BCUT2D eigenvalue weighted by Crippen LogP contribution is -2.46. The van der Waals surface area contributed by atoms with Gasteiger partial charge in [-0.25, -0.2) is 9.18 Å². The quantitative estimate of drug-likeness (QED) is 0.221. The molecule has 0 bridgehead atoms. The summed E-state index contributed by atoms with van der Waals surface area (Å²) in [6.07, 6.45) is 1.85. The van der Waals surface area contributed by atoms with Gasteiger partial charge in [0.25, 0.3) is 5.91 Å². The predicted molar refractivity (Wildman–Crippen MR) is 173 cm³/mol. The minimum Gasteiger partial charge on any atom is -0.493 e. The van der Waals surface area contributed by atoms with Gasteiger partial charge in [-0.05, 0) is 102 Å². The molecule has 4 rings (SSSR count). The summed E-state index contributed by atoms with van der Waals surface area (Å²) >= 11 is 6.07. The Kier molecular flexibility index (Phi) is 10.8. The smallest absolute Gasteiger partial charge is 0.408 e. The van der Waals surface area contributed by atoms with Crippen LogP contribution < -0.4 is 25.4 Å². The highest BCUT2D eigenvalue weighted by Gasteiger charge is 2.27. The van der Waals surface area contributed by atoms with E-state index in [4.69, 9.17) is 30.8 Å². The van der Waals surface area contributed by atoms with Crippen molar-refractivity contribution >= 4 is 29.5 Å². The summed E-state index contributed by atoms with van der Waals surface area (Å²) < 4.78 is 30.4. The molecule has 3 amide bonds. The fourth-order valence-electron chi connectivity index (χ4n) is 4.49. The molecule has 0 atom stereocenters. The molecule has 1 aliphatic rings. The molecule has 0 radical (unpaired) electrons. The normalized spacial score (nSPS) is 13.0. The zero-order valence-corrected chi connectivity index (χ0v) is 27.6. The fraction of sp³-hybridized carbons (Fsp3) is 0.412. The Bertz CT molecular complexity index is 1600. The van der Waals surface area contributed by atoms with Crippen molar-refractivity contribution in [1.82, 2.24) is 20.9 Å². The number of aromatic nitrogens is 1. The third-order valence-electron chi connectivity index (χ3n) is 6.97. The maximum Gasteiger partial charge on any atom is 0.408 e. The van der Waals surface area contributed by atoms with E-state index in [-0.39, 0.29) is 30.1 Å². The van der Waals surface area contributed by atoms with Crippen LogP contribution in [0.3, 0.4) is 0 Å². The van der Waals surface area contributed by atoms with Gasteiger partial charge in [-0.2, -0.15) is 0 Å². The molecule has 3 N–H and O–H groups in total. The SMILES string of the molecule is COc1cc(C(=O)NCCc2cc(C(C)(C)NC(=O)CNC(=O)OC(C)(C)C)cc(-c3ccc(F)c(Cl)c3)n2)ccc1OC1CC1. The molecule has 1 heterocycles. The van der Waals surface area contributed by atoms with Crippen molar-refractivity contribution in [2.75, 3.05) is 20.2 Å². The van der Waals surface area contributed by atoms with E-state index in [1.165, 1.54) is 19.2 Å². The first kappa shape index (κ1) is 34.5. The van der Waals surface area contributed by atoms with Crippen LogP contribution in [-0.2, 0) is 21.5 Å². The number of rotatable bonds is 12. The summed E-state index contributed by atoms with van der Waals surface area (Å²) in [6.45, 7) is 8.78. The van der Waals surface area contributed by atoms with Crippen molar-refractivity contribution < 1.29 is 33.0 Å². The van der Waals surface area contributed by atoms with E-state index in [0.717, 1.165) is 12.8 Å². The predicted octanol–water partition coefficient (Wildman–Crippen LogP) is 5.94. The Labute approximate surface area is 273 Å². The number of benzene rings is 2. The number of nitrogens with zero attached hydrogens (tertiary/aromatic N) is 1. The van der Waals surface area contributed by atoms with Gasteiger partial charge in [0.05, 0.1) is 29.5 Å². The molecule has 1 saturated carbocycles. The Hall–Kier alpha value is -4.38. The van der Waals surface area contributed by atoms with E-state index in [1.807, 2.05) is 19.9 Å². The van der Waals surface area contributed by atoms with Crippen molar-refractivity contribution in [1.29, 1.82) is 0 Å². The number of nitrogens with one attached hydrogen (secondary N) is 3. The van der Waals surface area contributed by atoms with E-state index in [0.29, 0.717) is 46.0 Å². The second-order valence-electron chi connectivity index (χ2n) is 12.6. The highest BCUT2D eigenvalue weighted by molar-refractivity contribution is 6.31. The number of amides is 3. The average molecular weight is 655 g/mol. The van der Waals surface area contributed by atoms with Gasteiger partial charge in [0, 0.05) is 29.8 Å². The Morgan fingerprint density at radius 1 is 0.978 bits per heavy atom. The maximum absolute atomic E-state index is 13.9. The van der Waals surface area contributed by atoms with Gasteiger partial charge in [-0.3, -0.25) is 14.6 Å². The summed E-state index contributed by atoms with van der Waals surface area (Å²) in [5.74, 6) is -0.188. The zero-order valence-electron chi connectivity index (χ0n) is 26.9. The van der Waals surface area contributed by atoms with Crippen LogP contribution in [0.2, 0.25) is 5.02 Å². The van der Waals surface area contributed by atoms with Gasteiger partial charge in [-0.1, -0.05) is 11.6 Å². The largest absolute Gasteiger partial charge is 0.493 e. The molecule has 1 aromatic heterocycles. The van der Waals surface area contributed by atoms with Crippen LogP contribution in [0, 0.1) is 5.82 Å². The molecular formula is C34H40ClFN4O6. The highest BCUT2D eigenvalue weighted by atomic mass is 35.5. The van der Waals surface area contributed by atoms with Crippen LogP contribution in [0.4, 0.5) is 9.18 Å². The van der Waals surface area contributed by atoms with Gasteiger partial charge >= 0.3 is 6.09 Å². The van der Waals surface area contributed by atoms with E-state index in [2.05, 4.69) is 16.0 Å². The lowest BCUT2D eigenvalue weighted by atomic mass is 9.92. The fourth-order valence-corrected chi connectivity index (χ4v) is 4.67. The van der Waals surface area contributed by atoms with E-state index >= 15 is 0 Å². The molecule has 0 aliphatic heterocycles. The van der Waals surface area contributed by atoms with Crippen molar-refractivity contribution in [3.05, 3.63) is 76.2 Å². The van der Waals surface area contributed by atoms with E-state index in [1.54, 1.807) is 51.1 Å².